The normalized spacial score (nSPS) is 19.3. The Kier molecular flexibility index (Phi) is 4.53. The highest BCUT2D eigenvalue weighted by atomic mass is 35.5. The molecule has 5 heteroatoms. The Bertz CT molecular complexity index is 501. The van der Waals surface area contributed by atoms with E-state index in [2.05, 4.69) is 4.98 Å². The lowest BCUT2D eigenvalue weighted by Crippen LogP contribution is -2.19. The molecule has 1 aromatic rings. The van der Waals surface area contributed by atoms with Gasteiger partial charge in [-0.2, -0.15) is 0 Å². The van der Waals surface area contributed by atoms with E-state index in [1.54, 1.807) is 13.0 Å². The molecule has 0 bridgehead atoms. The minimum Gasteiger partial charge on any atom is -0.461 e. The van der Waals surface area contributed by atoms with Gasteiger partial charge in [0.05, 0.1) is 18.2 Å². The third-order valence-electron chi connectivity index (χ3n) is 3.21. The lowest BCUT2D eigenvalue weighted by Gasteiger charge is -2.20. The number of rotatable bonds is 3. The Hall–Kier alpha value is -1.42. The maximum Gasteiger partial charge on any atom is 0.356 e. The summed E-state index contributed by atoms with van der Waals surface area (Å²) in [5.74, 6) is -0.564. The van der Waals surface area contributed by atoms with Crippen molar-refractivity contribution < 1.29 is 14.3 Å². The van der Waals surface area contributed by atoms with Crippen molar-refractivity contribution in [1.82, 2.24) is 4.98 Å². The van der Waals surface area contributed by atoms with Crippen molar-refractivity contribution in [2.24, 2.45) is 0 Å². The van der Waals surface area contributed by atoms with Gasteiger partial charge in [-0.15, -0.1) is 0 Å². The van der Waals surface area contributed by atoms with Crippen LogP contribution >= 0.6 is 11.6 Å². The van der Waals surface area contributed by atoms with E-state index in [4.69, 9.17) is 16.3 Å². The first-order valence-electron chi connectivity index (χ1n) is 6.49. The summed E-state index contributed by atoms with van der Waals surface area (Å²) >= 11 is 6.00. The minimum absolute atomic E-state index is 0.169. The van der Waals surface area contributed by atoms with Gasteiger partial charge in [-0.05, 0) is 31.9 Å². The van der Waals surface area contributed by atoms with Crippen LogP contribution in [0.2, 0.25) is 5.02 Å². The van der Waals surface area contributed by atoms with Gasteiger partial charge in [0.2, 0.25) is 0 Å². The molecule has 1 heterocycles. The monoisotopic (exact) mass is 281 g/mol. The summed E-state index contributed by atoms with van der Waals surface area (Å²) in [4.78, 5) is 27.8. The molecule has 2 rings (SSSR count). The predicted octanol–water partition coefficient (Wildman–Crippen LogP) is 3.14. The number of ketones is 1. The van der Waals surface area contributed by atoms with E-state index in [9.17, 15) is 9.59 Å². The number of pyridine rings is 1. The number of aromatic nitrogens is 1. The van der Waals surface area contributed by atoms with E-state index in [1.807, 2.05) is 0 Å². The van der Waals surface area contributed by atoms with E-state index < -0.39 is 5.97 Å². The molecule has 0 amide bonds. The van der Waals surface area contributed by atoms with Gasteiger partial charge < -0.3 is 4.74 Å². The summed E-state index contributed by atoms with van der Waals surface area (Å²) < 4.78 is 4.91. The molecule has 0 spiro atoms. The number of hydrogen-bond acceptors (Lipinski definition) is 4. The molecule has 1 saturated carbocycles. The van der Waals surface area contributed by atoms with Crippen molar-refractivity contribution in [3.05, 3.63) is 28.5 Å². The molecule has 19 heavy (non-hydrogen) atoms. The van der Waals surface area contributed by atoms with Gasteiger partial charge in [0.25, 0.3) is 0 Å². The maximum absolute atomic E-state index is 11.9. The van der Waals surface area contributed by atoms with Gasteiger partial charge in [-0.25, -0.2) is 9.78 Å². The second kappa shape index (κ2) is 6.15. The molecular weight excluding hydrogens is 266 g/mol. The zero-order valence-electron chi connectivity index (χ0n) is 10.8. The van der Waals surface area contributed by atoms with Crippen LogP contribution in [-0.4, -0.2) is 23.3 Å². The smallest absolute Gasteiger partial charge is 0.356 e. The molecule has 0 aliphatic heterocycles. The number of hydrogen-bond donors (Lipinski definition) is 0. The van der Waals surface area contributed by atoms with Crippen LogP contribution < -0.4 is 0 Å². The molecular formula is C14H16ClNO3. The van der Waals surface area contributed by atoms with Crippen molar-refractivity contribution in [3.8, 4) is 0 Å². The van der Waals surface area contributed by atoms with Crippen molar-refractivity contribution in [2.45, 2.75) is 38.5 Å². The van der Waals surface area contributed by atoms with Gasteiger partial charge in [0.1, 0.15) is 11.5 Å². The first-order chi connectivity index (χ1) is 9.11. The van der Waals surface area contributed by atoms with Crippen LogP contribution in [0.15, 0.2) is 12.1 Å². The Balaban J connectivity index is 2.30. The van der Waals surface area contributed by atoms with Crippen LogP contribution in [-0.2, 0) is 9.53 Å². The van der Waals surface area contributed by atoms with Crippen LogP contribution in [0, 0.1) is 0 Å². The number of ether oxygens (including phenoxy) is 1. The summed E-state index contributed by atoms with van der Waals surface area (Å²) in [6, 6.07) is 3.13. The first kappa shape index (κ1) is 14.0. The van der Waals surface area contributed by atoms with Crippen LogP contribution in [0.1, 0.15) is 54.7 Å². The summed E-state index contributed by atoms with van der Waals surface area (Å²) in [7, 11) is 0. The number of halogens is 1. The number of nitrogens with zero attached hydrogens (tertiary/aromatic N) is 1. The average molecular weight is 282 g/mol. The highest BCUT2D eigenvalue weighted by Crippen LogP contribution is 2.30. The van der Waals surface area contributed by atoms with Crippen LogP contribution in [0.5, 0.6) is 0 Å². The summed E-state index contributed by atoms with van der Waals surface area (Å²) in [5.41, 5.74) is 0.753. The fraction of sp³-hybridized carbons (Fsp3) is 0.500. The lowest BCUT2D eigenvalue weighted by molar-refractivity contribution is -0.121. The van der Waals surface area contributed by atoms with E-state index in [1.165, 1.54) is 6.07 Å². The second-order valence-electron chi connectivity index (χ2n) is 4.58. The van der Waals surface area contributed by atoms with Gasteiger partial charge in [0.15, 0.2) is 0 Å². The van der Waals surface area contributed by atoms with Crippen LogP contribution in [0.4, 0.5) is 0 Å². The van der Waals surface area contributed by atoms with Crippen LogP contribution in [0.25, 0.3) is 0 Å². The van der Waals surface area contributed by atoms with E-state index >= 15 is 0 Å². The highest BCUT2D eigenvalue weighted by molar-refractivity contribution is 6.31. The Morgan fingerprint density at radius 1 is 1.47 bits per heavy atom. The Morgan fingerprint density at radius 3 is 2.95 bits per heavy atom. The third-order valence-corrected chi connectivity index (χ3v) is 3.42. The standard InChI is InChI=1S/C14H16ClNO3/c1-2-19-14(18)12-8-9(15)7-11(16-12)10-5-3-4-6-13(10)17/h7-8,10H,2-6H2,1H3. The molecule has 1 unspecified atom stereocenters. The highest BCUT2D eigenvalue weighted by Gasteiger charge is 2.26. The molecule has 1 aromatic heterocycles. The molecule has 102 valence electrons. The average Bonchev–Trinajstić information content (AvgIpc) is 2.39. The summed E-state index contributed by atoms with van der Waals surface area (Å²) in [6.07, 6.45) is 3.28. The summed E-state index contributed by atoms with van der Waals surface area (Å²) in [5, 5.41) is 0.409. The van der Waals surface area contributed by atoms with Gasteiger partial charge in [-0.3, -0.25) is 4.79 Å². The third kappa shape index (κ3) is 3.32. The predicted molar refractivity (Wildman–Crippen MR) is 71.4 cm³/mol. The van der Waals surface area contributed by atoms with Crippen LogP contribution in [0.3, 0.4) is 0 Å². The zero-order valence-corrected chi connectivity index (χ0v) is 11.6. The molecule has 0 saturated heterocycles. The SMILES string of the molecule is CCOC(=O)c1cc(Cl)cc(C2CCCCC2=O)n1. The lowest BCUT2D eigenvalue weighted by atomic mass is 9.85. The molecule has 0 N–H and O–H groups in total. The van der Waals surface area contributed by atoms with E-state index in [0.29, 0.717) is 17.1 Å². The first-order valence-corrected chi connectivity index (χ1v) is 6.87. The number of carbonyl (C=O) groups is 2. The molecule has 0 radical (unpaired) electrons. The van der Waals surface area contributed by atoms with Crippen molar-refractivity contribution in [3.63, 3.8) is 0 Å². The van der Waals surface area contributed by atoms with E-state index in [0.717, 1.165) is 19.3 Å². The quantitative estimate of drug-likeness (QED) is 0.799. The molecule has 0 aromatic carbocycles. The number of esters is 1. The van der Waals surface area contributed by atoms with Crippen molar-refractivity contribution >= 4 is 23.4 Å². The fourth-order valence-corrected chi connectivity index (χ4v) is 2.52. The number of carbonyl (C=O) groups excluding carboxylic acids is 2. The molecule has 1 aliphatic rings. The Morgan fingerprint density at radius 2 is 2.26 bits per heavy atom. The van der Waals surface area contributed by atoms with Gasteiger partial charge in [0, 0.05) is 11.4 Å². The van der Waals surface area contributed by atoms with Gasteiger partial charge >= 0.3 is 5.97 Å². The number of Topliss-reactive ketones (excluding diaryl/α,β-unsaturated/α-hetero) is 1. The van der Waals surface area contributed by atoms with E-state index in [-0.39, 0.29) is 24.0 Å². The molecule has 4 nitrogen and oxygen atoms in total. The largest absolute Gasteiger partial charge is 0.461 e. The molecule has 1 atom stereocenters. The van der Waals surface area contributed by atoms with Crippen molar-refractivity contribution in [1.29, 1.82) is 0 Å². The Labute approximate surface area is 117 Å². The molecule has 1 aliphatic carbocycles. The van der Waals surface area contributed by atoms with Crippen molar-refractivity contribution in [2.75, 3.05) is 6.61 Å². The topological polar surface area (TPSA) is 56.3 Å². The fourth-order valence-electron chi connectivity index (χ4n) is 2.30. The zero-order chi connectivity index (χ0) is 13.8. The maximum atomic E-state index is 11.9. The van der Waals surface area contributed by atoms with Gasteiger partial charge in [-0.1, -0.05) is 18.0 Å². The summed E-state index contributed by atoms with van der Waals surface area (Å²) in [6.45, 7) is 2.01. The second-order valence-corrected chi connectivity index (χ2v) is 5.02. The minimum atomic E-state index is -0.505. The molecule has 1 fully saturated rings.